The van der Waals surface area contributed by atoms with Gasteiger partial charge in [-0.25, -0.2) is 13.1 Å². The molecular weight excluding hydrogens is 569 g/mol. The molecular formula is C31H33F3N2O5S. The smallest absolute Gasteiger partial charge is 0.389 e. The minimum atomic E-state index is -4.15. The monoisotopic (exact) mass is 602 g/mol. The van der Waals surface area contributed by atoms with Crippen molar-refractivity contribution in [1.29, 1.82) is 0 Å². The molecule has 3 aromatic rings. The van der Waals surface area contributed by atoms with E-state index >= 15 is 0 Å². The number of sulfonamides is 1. The van der Waals surface area contributed by atoms with E-state index in [1.54, 1.807) is 30.3 Å². The number of aromatic nitrogens is 1. The molecule has 5 rings (SSSR count). The first-order valence-corrected chi connectivity index (χ1v) is 15.8. The van der Waals surface area contributed by atoms with Crippen LogP contribution >= 0.6 is 0 Å². The molecule has 0 radical (unpaired) electrons. The molecule has 1 aromatic heterocycles. The lowest BCUT2D eigenvalue weighted by Gasteiger charge is -2.13. The maximum Gasteiger partial charge on any atom is 0.389 e. The third kappa shape index (κ3) is 8.02. The summed E-state index contributed by atoms with van der Waals surface area (Å²) in [7, 11) is -3.87. The number of unbranched alkanes of at least 4 members (excludes halogenated alkanes) is 2. The lowest BCUT2D eigenvalue weighted by molar-refractivity contribution is -0.135. The molecule has 42 heavy (non-hydrogen) atoms. The number of hydrogen-bond acceptors (Lipinski definition) is 5. The number of rotatable bonds is 13. The number of benzene rings is 2. The number of carbonyl (C=O) groups is 1. The second-order valence-corrected chi connectivity index (χ2v) is 13.1. The molecule has 2 aliphatic carbocycles. The number of carbonyl (C=O) groups excluding carboxylic acids is 1. The number of nitrogens with one attached hydrogen (secondary N) is 2. The molecule has 2 saturated carbocycles. The Hall–Kier alpha value is -3.60. The molecule has 1 heterocycles. The number of H-pyrrole nitrogens is 1. The van der Waals surface area contributed by atoms with E-state index in [1.165, 1.54) is 12.8 Å². The second-order valence-electron chi connectivity index (χ2n) is 11.1. The zero-order valence-electron chi connectivity index (χ0n) is 23.0. The zero-order valence-corrected chi connectivity index (χ0v) is 23.8. The molecule has 2 fully saturated rings. The minimum absolute atomic E-state index is 0.0608. The van der Waals surface area contributed by atoms with Gasteiger partial charge in [-0.15, -0.1) is 0 Å². The third-order valence-electron chi connectivity index (χ3n) is 7.48. The normalized spacial score (nSPS) is 15.4. The average molecular weight is 603 g/mol. The summed E-state index contributed by atoms with van der Waals surface area (Å²) in [5, 5.41) is -0.620. The van der Waals surface area contributed by atoms with Crippen LogP contribution in [0.25, 0.3) is 22.4 Å². The molecule has 1 amide bonds. The SMILES string of the molecule is O=C(NS(=O)(=O)C1CC1)c1c(-c2ccc(CC3CC3)cc2)cc(-c2ccc(OCCCCCC(F)(F)F)cc2)[nH]c1=O. The van der Waals surface area contributed by atoms with Crippen molar-refractivity contribution in [1.82, 2.24) is 9.71 Å². The summed E-state index contributed by atoms with van der Waals surface area (Å²) >= 11 is 0. The predicted octanol–water partition coefficient (Wildman–Crippen LogP) is 6.38. The van der Waals surface area contributed by atoms with Gasteiger partial charge in [-0.2, -0.15) is 13.2 Å². The van der Waals surface area contributed by atoms with Crippen molar-refractivity contribution in [2.45, 2.75) is 69.2 Å². The predicted molar refractivity (Wildman–Crippen MR) is 154 cm³/mol. The fourth-order valence-electron chi connectivity index (χ4n) is 4.81. The van der Waals surface area contributed by atoms with E-state index in [9.17, 15) is 31.2 Å². The Morgan fingerprint density at radius 2 is 1.60 bits per heavy atom. The maximum atomic E-state index is 13.3. The first-order chi connectivity index (χ1) is 20.0. The highest BCUT2D eigenvalue weighted by Crippen LogP contribution is 2.34. The summed E-state index contributed by atoms with van der Waals surface area (Å²) in [4.78, 5) is 29.2. The van der Waals surface area contributed by atoms with Crippen LogP contribution in [0.1, 0.15) is 67.3 Å². The fourth-order valence-corrected chi connectivity index (χ4v) is 6.09. The fraction of sp³-hybridized carbons (Fsp3) is 0.419. The number of aromatic amines is 1. The average Bonchev–Trinajstić information content (AvgIpc) is 3.85. The Kier molecular flexibility index (Phi) is 8.77. The van der Waals surface area contributed by atoms with E-state index in [1.807, 2.05) is 24.3 Å². The Morgan fingerprint density at radius 1 is 0.929 bits per heavy atom. The van der Waals surface area contributed by atoms with Crippen LogP contribution in [-0.4, -0.2) is 37.3 Å². The summed E-state index contributed by atoms with van der Waals surface area (Å²) in [5.41, 5.74) is 2.15. The molecule has 0 aliphatic heterocycles. The first kappa shape index (κ1) is 29.9. The molecule has 0 unspecified atom stereocenters. The van der Waals surface area contributed by atoms with E-state index in [0.717, 1.165) is 12.0 Å². The van der Waals surface area contributed by atoms with E-state index in [4.69, 9.17) is 4.74 Å². The van der Waals surface area contributed by atoms with Gasteiger partial charge >= 0.3 is 6.18 Å². The van der Waals surface area contributed by atoms with Crippen LogP contribution in [0.5, 0.6) is 5.75 Å². The molecule has 2 aliphatic rings. The van der Waals surface area contributed by atoms with Gasteiger partial charge in [0.15, 0.2) is 0 Å². The second kappa shape index (κ2) is 12.3. The van der Waals surface area contributed by atoms with Crippen LogP contribution in [0.4, 0.5) is 13.2 Å². The van der Waals surface area contributed by atoms with Crippen LogP contribution < -0.4 is 15.0 Å². The molecule has 2 aromatic carbocycles. The van der Waals surface area contributed by atoms with Gasteiger partial charge in [-0.1, -0.05) is 24.3 Å². The zero-order chi connectivity index (χ0) is 29.9. The van der Waals surface area contributed by atoms with Gasteiger partial charge in [0.2, 0.25) is 10.0 Å². The Bertz CT molecular complexity index is 1570. The number of amides is 1. The van der Waals surface area contributed by atoms with E-state index in [-0.39, 0.29) is 18.6 Å². The summed E-state index contributed by atoms with van der Waals surface area (Å²) in [6.45, 7) is 0.280. The Labute approximate surface area is 242 Å². The summed E-state index contributed by atoms with van der Waals surface area (Å²) in [5.74, 6) is 0.257. The number of ether oxygens (including phenoxy) is 1. The molecule has 2 N–H and O–H groups in total. The van der Waals surface area contributed by atoms with E-state index in [2.05, 4.69) is 9.71 Å². The number of hydrogen-bond donors (Lipinski definition) is 2. The van der Waals surface area contributed by atoms with Gasteiger partial charge in [0.1, 0.15) is 11.3 Å². The molecule has 0 bridgehead atoms. The Morgan fingerprint density at radius 3 is 2.21 bits per heavy atom. The van der Waals surface area contributed by atoms with Crippen molar-refractivity contribution in [3.05, 3.63) is 76.1 Å². The van der Waals surface area contributed by atoms with Crippen molar-refractivity contribution in [2.75, 3.05) is 6.61 Å². The van der Waals surface area contributed by atoms with Crippen molar-refractivity contribution >= 4 is 15.9 Å². The molecule has 224 valence electrons. The topological polar surface area (TPSA) is 105 Å². The third-order valence-corrected chi connectivity index (χ3v) is 9.30. The van der Waals surface area contributed by atoms with Gasteiger partial charge in [-0.05, 0) is 104 Å². The van der Waals surface area contributed by atoms with Gasteiger partial charge in [0.25, 0.3) is 11.5 Å². The van der Waals surface area contributed by atoms with Gasteiger partial charge in [-0.3, -0.25) is 9.59 Å². The van der Waals surface area contributed by atoms with Crippen molar-refractivity contribution < 1.29 is 31.1 Å². The number of halogens is 3. The lowest BCUT2D eigenvalue weighted by atomic mass is 9.96. The van der Waals surface area contributed by atoms with Crippen LogP contribution in [0.3, 0.4) is 0 Å². The van der Waals surface area contributed by atoms with Crippen molar-refractivity contribution in [3.63, 3.8) is 0 Å². The van der Waals surface area contributed by atoms with Crippen LogP contribution in [0, 0.1) is 5.92 Å². The van der Waals surface area contributed by atoms with Gasteiger partial charge in [0, 0.05) is 17.7 Å². The molecule has 11 heteroatoms. The standard InChI is InChI=1S/C31H33F3N2O5S/c32-31(33,34)16-2-1-3-17-41-24-12-10-23(11-13-24)27-19-26(22-8-6-21(7-9-22)18-20-4-5-20)28(29(37)35-27)30(38)36-42(39,40)25-14-15-25/h6-13,19-20,25H,1-5,14-18H2,(H,35,37)(H,36,38). The molecule has 0 atom stereocenters. The summed E-state index contributed by atoms with van der Waals surface area (Å²) < 4.78 is 69.5. The first-order valence-electron chi connectivity index (χ1n) is 14.2. The minimum Gasteiger partial charge on any atom is -0.494 e. The van der Waals surface area contributed by atoms with Crippen molar-refractivity contribution in [3.8, 4) is 28.1 Å². The van der Waals surface area contributed by atoms with Gasteiger partial charge < -0.3 is 9.72 Å². The lowest BCUT2D eigenvalue weighted by Crippen LogP contribution is -2.37. The largest absolute Gasteiger partial charge is 0.494 e. The van der Waals surface area contributed by atoms with Crippen LogP contribution in [-0.2, 0) is 16.4 Å². The molecule has 7 nitrogen and oxygen atoms in total. The highest BCUT2D eigenvalue weighted by Gasteiger charge is 2.37. The quantitative estimate of drug-likeness (QED) is 0.221. The Balaban J connectivity index is 1.35. The van der Waals surface area contributed by atoms with Gasteiger partial charge in [0.05, 0.1) is 11.9 Å². The van der Waals surface area contributed by atoms with Crippen LogP contribution in [0.15, 0.2) is 59.4 Å². The summed E-state index contributed by atoms with van der Waals surface area (Å²) in [6.07, 6.45) is 0.363. The maximum absolute atomic E-state index is 13.3. The summed E-state index contributed by atoms with van der Waals surface area (Å²) in [6, 6.07) is 16.1. The van der Waals surface area contributed by atoms with E-state index in [0.29, 0.717) is 59.7 Å². The van der Waals surface area contributed by atoms with E-state index < -0.39 is 39.3 Å². The van der Waals surface area contributed by atoms with Crippen molar-refractivity contribution in [2.24, 2.45) is 5.92 Å². The number of pyridine rings is 1. The molecule has 0 spiro atoms. The number of alkyl halides is 3. The highest BCUT2D eigenvalue weighted by molar-refractivity contribution is 7.91. The van der Waals surface area contributed by atoms with Crippen LogP contribution in [0.2, 0.25) is 0 Å². The molecule has 0 saturated heterocycles. The highest BCUT2D eigenvalue weighted by atomic mass is 32.2.